The quantitative estimate of drug-likeness (QED) is 0.811. The molecular formula is C13H13N3O3. The molecule has 1 saturated heterocycles. The zero-order chi connectivity index (χ0) is 13.2. The van der Waals surface area contributed by atoms with Crippen LogP contribution in [0.4, 0.5) is 0 Å². The number of hydrogen-bond acceptors (Lipinski definition) is 4. The average Bonchev–Trinajstić information content (AvgIpc) is 2.89. The third kappa shape index (κ3) is 2.10. The molecule has 0 aliphatic carbocycles. The first kappa shape index (κ1) is 11.9. The third-order valence-corrected chi connectivity index (χ3v) is 3.24. The molecule has 0 spiro atoms. The Hall–Kier alpha value is -2.21. The van der Waals surface area contributed by atoms with E-state index >= 15 is 0 Å². The van der Waals surface area contributed by atoms with E-state index < -0.39 is 0 Å². The first-order chi connectivity index (χ1) is 9.29. The largest absolute Gasteiger partial charge is 0.378 e. The standard InChI is InChI=1S/C13H13N3O3/c17-8-10-7-15-12-11(10)5-9(6-14-12)13(18)16-1-3-19-4-2-16/h5-8H,1-4H2,(H,14,15). The molecule has 3 heterocycles. The average molecular weight is 259 g/mol. The molecule has 0 unspecified atom stereocenters. The minimum atomic E-state index is -0.0734. The lowest BCUT2D eigenvalue weighted by molar-refractivity contribution is 0.0302. The summed E-state index contributed by atoms with van der Waals surface area (Å²) in [4.78, 5) is 32.0. The number of aromatic nitrogens is 2. The Labute approximate surface area is 109 Å². The van der Waals surface area contributed by atoms with E-state index in [9.17, 15) is 9.59 Å². The molecule has 0 saturated carbocycles. The van der Waals surface area contributed by atoms with Gasteiger partial charge in [-0.2, -0.15) is 0 Å². The van der Waals surface area contributed by atoms with Crippen molar-refractivity contribution < 1.29 is 14.3 Å². The van der Waals surface area contributed by atoms with E-state index in [4.69, 9.17) is 4.74 Å². The summed E-state index contributed by atoms with van der Waals surface area (Å²) in [6.07, 6.45) is 3.88. The number of hydrogen-bond donors (Lipinski definition) is 1. The second-order valence-electron chi connectivity index (χ2n) is 4.39. The highest BCUT2D eigenvalue weighted by atomic mass is 16.5. The molecule has 6 heteroatoms. The molecule has 0 radical (unpaired) electrons. The number of aromatic amines is 1. The maximum absolute atomic E-state index is 12.3. The number of nitrogens with zero attached hydrogens (tertiary/aromatic N) is 2. The number of pyridine rings is 1. The predicted octanol–water partition coefficient (Wildman–Crippen LogP) is 0.848. The van der Waals surface area contributed by atoms with Gasteiger partial charge in [0.2, 0.25) is 0 Å². The van der Waals surface area contributed by atoms with Gasteiger partial charge in [-0.3, -0.25) is 9.59 Å². The Morgan fingerprint density at radius 1 is 1.42 bits per heavy atom. The summed E-state index contributed by atoms with van der Waals surface area (Å²) in [6.45, 7) is 2.30. The molecule has 2 aromatic rings. The zero-order valence-corrected chi connectivity index (χ0v) is 10.3. The highest BCUT2D eigenvalue weighted by molar-refractivity contribution is 6.01. The van der Waals surface area contributed by atoms with Gasteiger partial charge in [0, 0.05) is 36.4 Å². The number of rotatable bonds is 2. The van der Waals surface area contributed by atoms with Crippen LogP contribution in [0.3, 0.4) is 0 Å². The number of carbonyl (C=O) groups excluding carboxylic acids is 2. The van der Waals surface area contributed by atoms with Gasteiger partial charge in [0.25, 0.3) is 5.91 Å². The Bertz CT molecular complexity index is 629. The summed E-state index contributed by atoms with van der Waals surface area (Å²) >= 11 is 0. The molecule has 0 aromatic carbocycles. The molecule has 0 bridgehead atoms. The molecular weight excluding hydrogens is 246 g/mol. The van der Waals surface area contributed by atoms with Gasteiger partial charge in [0.1, 0.15) is 5.65 Å². The fourth-order valence-electron chi connectivity index (χ4n) is 2.19. The van der Waals surface area contributed by atoms with Gasteiger partial charge in [0.15, 0.2) is 6.29 Å². The molecule has 3 rings (SSSR count). The van der Waals surface area contributed by atoms with Crippen molar-refractivity contribution in [3.05, 3.63) is 29.6 Å². The van der Waals surface area contributed by atoms with Crippen LogP contribution in [0, 0.1) is 0 Å². The first-order valence-electron chi connectivity index (χ1n) is 6.09. The lowest BCUT2D eigenvalue weighted by Gasteiger charge is -2.26. The normalized spacial score (nSPS) is 15.7. The van der Waals surface area contributed by atoms with E-state index in [1.807, 2.05) is 0 Å². The van der Waals surface area contributed by atoms with E-state index in [0.717, 1.165) is 6.29 Å². The van der Waals surface area contributed by atoms with Crippen molar-refractivity contribution >= 4 is 23.2 Å². The number of morpholine rings is 1. The Morgan fingerprint density at radius 2 is 2.21 bits per heavy atom. The van der Waals surface area contributed by atoms with Gasteiger partial charge in [0.05, 0.1) is 18.8 Å². The number of nitrogens with one attached hydrogen (secondary N) is 1. The van der Waals surface area contributed by atoms with Crippen molar-refractivity contribution in [2.75, 3.05) is 26.3 Å². The van der Waals surface area contributed by atoms with Crippen LogP contribution in [0.15, 0.2) is 18.5 Å². The molecule has 6 nitrogen and oxygen atoms in total. The summed E-state index contributed by atoms with van der Waals surface area (Å²) in [5.41, 5.74) is 1.62. The summed E-state index contributed by atoms with van der Waals surface area (Å²) in [7, 11) is 0. The minimum absolute atomic E-state index is 0.0734. The van der Waals surface area contributed by atoms with Crippen LogP contribution in [0.25, 0.3) is 11.0 Å². The molecule has 1 aliphatic rings. The minimum Gasteiger partial charge on any atom is -0.378 e. The smallest absolute Gasteiger partial charge is 0.255 e. The van der Waals surface area contributed by atoms with Gasteiger partial charge in [-0.1, -0.05) is 0 Å². The molecule has 1 fully saturated rings. The van der Waals surface area contributed by atoms with Crippen molar-refractivity contribution in [2.45, 2.75) is 0 Å². The maximum Gasteiger partial charge on any atom is 0.255 e. The fourth-order valence-corrected chi connectivity index (χ4v) is 2.19. The summed E-state index contributed by atoms with van der Waals surface area (Å²) in [5.74, 6) is -0.0734. The number of H-pyrrole nitrogens is 1. The van der Waals surface area contributed by atoms with E-state index in [-0.39, 0.29) is 5.91 Å². The predicted molar refractivity (Wildman–Crippen MR) is 68.2 cm³/mol. The van der Waals surface area contributed by atoms with Crippen LogP contribution in [-0.4, -0.2) is 53.4 Å². The van der Waals surface area contributed by atoms with E-state index in [1.165, 1.54) is 6.20 Å². The van der Waals surface area contributed by atoms with Gasteiger partial charge >= 0.3 is 0 Å². The highest BCUT2D eigenvalue weighted by Crippen LogP contribution is 2.17. The van der Waals surface area contributed by atoms with Crippen molar-refractivity contribution in [3.8, 4) is 0 Å². The van der Waals surface area contributed by atoms with Crippen LogP contribution < -0.4 is 0 Å². The van der Waals surface area contributed by atoms with Gasteiger partial charge in [-0.15, -0.1) is 0 Å². The van der Waals surface area contributed by atoms with Crippen molar-refractivity contribution in [1.29, 1.82) is 0 Å². The van der Waals surface area contributed by atoms with Crippen molar-refractivity contribution in [1.82, 2.24) is 14.9 Å². The highest BCUT2D eigenvalue weighted by Gasteiger charge is 2.19. The monoisotopic (exact) mass is 259 g/mol. The number of amides is 1. The van der Waals surface area contributed by atoms with Crippen LogP contribution in [0.1, 0.15) is 20.7 Å². The summed E-state index contributed by atoms with van der Waals surface area (Å²) in [6, 6.07) is 1.71. The van der Waals surface area contributed by atoms with E-state index in [1.54, 1.807) is 17.2 Å². The molecule has 19 heavy (non-hydrogen) atoms. The lowest BCUT2D eigenvalue weighted by Crippen LogP contribution is -2.40. The van der Waals surface area contributed by atoms with Gasteiger partial charge in [-0.25, -0.2) is 4.98 Å². The summed E-state index contributed by atoms with van der Waals surface area (Å²) < 4.78 is 5.22. The second kappa shape index (κ2) is 4.81. The number of fused-ring (bicyclic) bond motifs is 1. The zero-order valence-electron chi connectivity index (χ0n) is 10.3. The molecule has 1 aliphatic heterocycles. The number of carbonyl (C=O) groups is 2. The summed E-state index contributed by atoms with van der Waals surface area (Å²) in [5, 5.41) is 0.675. The Morgan fingerprint density at radius 3 is 2.95 bits per heavy atom. The third-order valence-electron chi connectivity index (χ3n) is 3.24. The Balaban J connectivity index is 1.95. The van der Waals surface area contributed by atoms with Crippen molar-refractivity contribution in [3.63, 3.8) is 0 Å². The molecule has 2 aromatic heterocycles. The Kier molecular flexibility index (Phi) is 3.00. The molecule has 98 valence electrons. The topological polar surface area (TPSA) is 75.3 Å². The van der Waals surface area contributed by atoms with E-state index in [0.29, 0.717) is 48.5 Å². The van der Waals surface area contributed by atoms with Crippen molar-refractivity contribution in [2.24, 2.45) is 0 Å². The van der Waals surface area contributed by atoms with Gasteiger partial charge < -0.3 is 14.6 Å². The maximum atomic E-state index is 12.3. The lowest BCUT2D eigenvalue weighted by atomic mass is 10.1. The SMILES string of the molecule is O=Cc1c[nH]c2ncc(C(=O)N3CCOCC3)cc12. The fraction of sp³-hybridized carbons (Fsp3) is 0.308. The van der Waals surface area contributed by atoms with E-state index in [2.05, 4.69) is 9.97 Å². The van der Waals surface area contributed by atoms with Crippen LogP contribution in [0.5, 0.6) is 0 Å². The number of ether oxygens (including phenoxy) is 1. The van der Waals surface area contributed by atoms with Crippen LogP contribution >= 0.6 is 0 Å². The number of aldehydes is 1. The van der Waals surface area contributed by atoms with Gasteiger partial charge in [-0.05, 0) is 6.07 Å². The second-order valence-corrected chi connectivity index (χ2v) is 4.39. The molecule has 0 atom stereocenters. The first-order valence-corrected chi connectivity index (χ1v) is 6.09. The molecule has 1 N–H and O–H groups in total. The van der Waals surface area contributed by atoms with Crippen LogP contribution in [0.2, 0.25) is 0 Å². The van der Waals surface area contributed by atoms with Crippen LogP contribution in [-0.2, 0) is 4.74 Å². The molecule has 1 amide bonds.